The third kappa shape index (κ3) is 2.77. The van der Waals surface area contributed by atoms with E-state index in [0.717, 1.165) is 12.8 Å². The number of hydrogen-bond acceptors (Lipinski definition) is 2. The maximum atomic E-state index is 13.7. The van der Waals surface area contributed by atoms with Crippen LogP contribution in [0.15, 0.2) is 18.2 Å². The van der Waals surface area contributed by atoms with Gasteiger partial charge in [-0.3, -0.25) is 9.59 Å². The van der Waals surface area contributed by atoms with Crippen LogP contribution in [0.5, 0.6) is 0 Å². The van der Waals surface area contributed by atoms with E-state index in [0.29, 0.717) is 12.8 Å². The fourth-order valence-corrected chi connectivity index (χ4v) is 2.72. The quantitative estimate of drug-likeness (QED) is 0.898. The Morgan fingerprint density at radius 1 is 1.35 bits per heavy atom. The van der Waals surface area contributed by atoms with Crippen molar-refractivity contribution in [3.05, 3.63) is 34.6 Å². The van der Waals surface area contributed by atoms with Gasteiger partial charge in [0.05, 0.1) is 16.0 Å². The van der Waals surface area contributed by atoms with Gasteiger partial charge in [0.1, 0.15) is 0 Å². The summed E-state index contributed by atoms with van der Waals surface area (Å²) in [5, 5.41) is 11.7. The number of aliphatic carboxylic acids is 1. The van der Waals surface area contributed by atoms with Gasteiger partial charge in [0.25, 0.3) is 5.91 Å². The van der Waals surface area contributed by atoms with Crippen molar-refractivity contribution in [1.29, 1.82) is 0 Å². The number of rotatable bonds is 4. The van der Waals surface area contributed by atoms with Crippen LogP contribution in [0.2, 0.25) is 5.02 Å². The van der Waals surface area contributed by atoms with Gasteiger partial charge < -0.3 is 10.4 Å². The number of amides is 1. The third-order valence-corrected chi connectivity index (χ3v) is 4.09. The van der Waals surface area contributed by atoms with Crippen molar-refractivity contribution in [1.82, 2.24) is 5.32 Å². The van der Waals surface area contributed by atoms with Gasteiger partial charge in [-0.15, -0.1) is 0 Å². The van der Waals surface area contributed by atoms with Gasteiger partial charge in [0.2, 0.25) is 0 Å². The van der Waals surface area contributed by atoms with Gasteiger partial charge >= 0.3 is 5.97 Å². The fraction of sp³-hybridized carbons (Fsp3) is 0.429. The minimum atomic E-state index is -0.926. The molecule has 1 aromatic carbocycles. The summed E-state index contributed by atoms with van der Waals surface area (Å²) in [5.74, 6) is -2.35. The van der Waals surface area contributed by atoms with Crippen LogP contribution < -0.4 is 5.32 Å². The van der Waals surface area contributed by atoms with Crippen LogP contribution in [0.1, 0.15) is 36.0 Å². The monoisotopic (exact) mass is 299 g/mol. The van der Waals surface area contributed by atoms with E-state index in [1.807, 2.05) is 0 Å². The first kappa shape index (κ1) is 14.8. The molecule has 108 valence electrons. The second-order valence-corrected chi connectivity index (χ2v) is 5.48. The van der Waals surface area contributed by atoms with Crippen molar-refractivity contribution >= 4 is 23.5 Å². The minimum absolute atomic E-state index is 0.00706. The largest absolute Gasteiger partial charge is 0.481 e. The molecule has 0 aromatic heterocycles. The van der Waals surface area contributed by atoms with Crippen LogP contribution in [0.25, 0.3) is 0 Å². The van der Waals surface area contributed by atoms with E-state index < -0.39 is 23.1 Å². The lowest BCUT2D eigenvalue weighted by molar-refractivity contribution is -0.148. The standard InChI is InChI=1S/C14H15ClFNO3/c15-10-5-3-4-9(11(10)16)12(18)17-8-14(13(19)20)6-1-2-7-14/h3-5H,1-2,6-8H2,(H,17,18)(H,19,20). The molecule has 0 atom stereocenters. The number of carboxylic acid groups (broad SMARTS) is 1. The van der Waals surface area contributed by atoms with Crippen LogP contribution in [-0.4, -0.2) is 23.5 Å². The number of nitrogens with one attached hydrogen (secondary N) is 1. The number of halogens is 2. The molecule has 6 heteroatoms. The summed E-state index contributed by atoms with van der Waals surface area (Å²) in [6.45, 7) is 0.00706. The Hall–Kier alpha value is -1.62. The molecule has 1 aromatic rings. The Balaban J connectivity index is 2.08. The molecule has 20 heavy (non-hydrogen) atoms. The Morgan fingerprint density at radius 3 is 2.60 bits per heavy atom. The lowest BCUT2D eigenvalue weighted by Gasteiger charge is -2.24. The normalized spacial score (nSPS) is 16.9. The lowest BCUT2D eigenvalue weighted by Crippen LogP contribution is -2.41. The zero-order valence-corrected chi connectivity index (χ0v) is 11.5. The molecule has 0 aliphatic heterocycles. The van der Waals surface area contributed by atoms with Gasteiger partial charge in [0.15, 0.2) is 5.82 Å². The molecule has 1 aliphatic carbocycles. The van der Waals surface area contributed by atoms with E-state index in [9.17, 15) is 19.1 Å². The predicted octanol–water partition coefficient (Wildman–Crippen LogP) is 2.85. The molecule has 2 rings (SSSR count). The number of hydrogen-bond donors (Lipinski definition) is 2. The van der Waals surface area contributed by atoms with Gasteiger partial charge in [-0.25, -0.2) is 4.39 Å². The van der Waals surface area contributed by atoms with Crippen molar-refractivity contribution in [3.63, 3.8) is 0 Å². The van der Waals surface area contributed by atoms with E-state index >= 15 is 0 Å². The first-order chi connectivity index (χ1) is 9.46. The molecular formula is C14H15ClFNO3. The summed E-state index contributed by atoms with van der Waals surface area (Å²) in [5.41, 5.74) is -1.10. The topological polar surface area (TPSA) is 66.4 Å². The van der Waals surface area contributed by atoms with Crippen molar-refractivity contribution in [2.75, 3.05) is 6.54 Å². The van der Waals surface area contributed by atoms with Crippen molar-refractivity contribution in [2.24, 2.45) is 5.41 Å². The highest BCUT2D eigenvalue weighted by Crippen LogP contribution is 2.37. The molecule has 1 saturated carbocycles. The predicted molar refractivity (Wildman–Crippen MR) is 72.3 cm³/mol. The number of carbonyl (C=O) groups is 2. The van der Waals surface area contributed by atoms with Gasteiger partial charge in [-0.1, -0.05) is 30.5 Å². The van der Waals surface area contributed by atoms with E-state index in [4.69, 9.17) is 11.6 Å². The third-order valence-electron chi connectivity index (χ3n) is 3.80. The molecule has 1 aliphatic rings. The Labute approximate surface area is 120 Å². The molecule has 4 nitrogen and oxygen atoms in total. The average molecular weight is 300 g/mol. The molecule has 1 fully saturated rings. The van der Waals surface area contributed by atoms with Crippen LogP contribution >= 0.6 is 11.6 Å². The summed E-state index contributed by atoms with van der Waals surface area (Å²) < 4.78 is 13.7. The number of carboxylic acids is 1. The summed E-state index contributed by atoms with van der Waals surface area (Å²) in [4.78, 5) is 23.3. The molecule has 0 unspecified atom stereocenters. The molecule has 2 N–H and O–H groups in total. The summed E-state index contributed by atoms with van der Waals surface area (Å²) >= 11 is 5.61. The average Bonchev–Trinajstić information content (AvgIpc) is 2.89. The molecule has 0 spiro atoms. The SMILES string of the molecule is O=C(NCC1(C(=O)O)CCCC1)c1cccc(Cl)c1F. The van der Waals surface area contributed by atoms with Gasteiger partial charge in [-0.05, 0) is 25.0 Å². The van der Waals surface area contributed by atoms with Crippen molar-refractivity contribution in [2.45, 2.75) is 25.7 Å². The summed E-state index contributed by atoms with van der Waals surface area (Å²) in [7, 11) is 0. The Morgan fingerprint density at radius 2 is 2.00 bits per heavy atom. The Bertz CT molecular complexity index is 541. The molecule has 0 heterocycles. The van der Waals surface area contributed by atoms with Crippen LogP contribution in [0, 0.1) is 11.2 Å². The van der Waals surface area contributed by atoms with Crippen LogP contribution in [0.3, 0.4) is 0 Å². The van der Waals surface area contributed by atoms with Gasteiger partial charge in [0, 0.05) is 6.54 Å². The van der Waals surface area contributed by atoms with Crippen molar-refractivity contribution < 1.29 is 19.1 Å². The lowest BCUT2D eigenvalue weighted by atomic mass is 9.86. The second-order valence-electron chi connectivity index (χ2n) is 5.08. The fourth-order valence-electron chi connectivity index (χ4n) is 2.54. The number of carbonyl (C=O) groups excluding carboxylic acids is 1. The van der Waals surface area contributed by atoms with Crippen molar-refractivity contribution in [3.8, 4) is 0 Å². The highest BCUT2D eigenvalue weighted by atomic mass is 35.5. The maximum absolute atomic E-state index is 13.7. The first-order valence-electron chi connectivity index (χ1n) is 6.42. The summed E-state index contributed by atoms with van der Waals surface area (Å²) in [6.07, 6.45) is 2.71. The van der Waals surface area contributed by atoms with Crippen LogP contribution in [-0.2, 0) is 4.79 Å². The summed E-state index contributed by atoms with van der Waals surface area (Å²) in [6, 6.07) is 4.14. The van der Waals surface area contributed by atoms with Gasteiger partial charge in [-0.2, -0.15) is 0 Å². The van der Waals surface area contributed by atoms with Crippen LogP contribution in [0.4, 0.5) is 4.39 Å². The Kier molecular flexibility index (Phi) is 4.28. The number of benzene rings is 1. The molecular weight excluding hydrogens is 285 g/mol. The highest BCUT2D eigenvalue weighted by Gasteiger charge is 2.41. The minimum Gasteiger partial charge on any atom is -0.481 e. The second kappa shape index (κ2) is 5.79. The smallest absolute Gasteiger partial charge is 0.311 e. The van der Waals surface area contributed by atoms with E-state index in [-0.39, 0.29) is 17.1 Å². The van der Waals surface area contributed by atoms with E-state index in [2.05, 4.69) is 5.32 Å². The first-order valence-corrected chi connectivity index (χ1v) is 6.80. The molecule has 0 saturated heterocycles. The van der Waals surface area contributed by atoms with E-state index in [1.165, 1.54) is 18.2 Å². The molecule has 0 radical (unpaired) electrons. The molecule has 0 bridgehead atoms. The zero-order chi connectivity index (χ0) is 14.8. The highest BCUT2D eigenvalue weighted by molar-refractivity contribution is 6.31. The van der Waals surface area contributed by atoms with E-state index in [1.54, 1.807) is 0 Å². The maximum Gasteiger partial charge on any atom is 0.311 e. The zero-order valence-electron chi connectivity index (χ0n) is 10.8. The molecule has 1 amide bonds.